The maximum Gasteiger partial charge on any atom is 0.326 e. The van der Waals surface area contributed by atoms with E-state index in [1.54, 1.807) is 19.1 Å². The first-order valence-corrected chi connectivity index (χ1v) is 7.20. The fourth-order valence-corrected chi connectivity index (χ4v) is 1.96. The molecule has 0 heterocycles. The molecule has 0 radical (unpaired) electrons. The van der Waals surface area contributed by atoms with Crippen LogP contribution in [-0.2, 0) is 9.59 Å². The fourth-order valence-electron chi connectivity index (χ4n) is 1.77. The third kappa shape index (κ3) is 5.23. The summed E-state index contributed by atoms with van der Waals surface area (Å²) in [7, 11) is 0. The number of aryl methyl sites for hydroxylation is 1. The molecule has 5 heteroatoms. The van der Waals surface area contributed by atoms with Crippen LogP contribution in [-0.4, -0.2) is 23.0 Å². The van der Waals surface area contributed by atoms with Crippen LogP contribution >= 0.6 is 11.6 Å². The molecule has 0 saturated heterocycles. The average Bonchev–Trinajstić information content (AvgIpc) is 2.44. The van der Waals surface area contributed by atoms with Gasteiger partial charge in [-0.25, -0.2) is 4.79 Å². The van der Waals surface area contributed by atoms with Gasteiger partial charge in [-0.2, -0.15) is 0 Å². The van der Waals surface area contributed by atoms with Crippen molar-refractivity contribution in [2.24, 2.45) is 5.92 Å². The van der Waals surface area contributed by atoms with Crippen LogP contribution in [0.3, 0.4) is 0 Å². The summed E-state index contributed by atoms with van der Waals surface area (Å²) in [6.07, 6.45) is 3.60. The Labute approximate surface area is 129 Å². The second-order valence-electron chi connectivity index (χ2n) is 5.05. The highest BCUT2D eigenvalue weighted by molar-refractivity contribution is 6.31. The maximum absolute atomic E-state index is 11.8. The average molecular weight is 310 g/mol. The Morgan fingerprint density at radius 2 is 2.10 bits per heavy atom. The highest BCUT2D eigenvalue weighted by Crippen LogP contribution is 2.17. The zero-order valence-corrected chi connectivity index (χ0v) is 13.1. The van der Waals surface area contributed by atoms with Gasteiger partial charge >= 0.3 is 5.97 Å². The molecule has 1 amide bonds. The molecule has 21 heavy (non-hydrogen) atoms. The minimum absolute atomic E-state index is 0.131. The molecule has 114 valence electrons. The van der Waals surface area contributed by atoms with E-state index in [0.29, 0.717) is 11.4 Å². The summed E-state index contributed by atoms with van der Waals surface area (Å²) in [4.78, 5) is 22.9. The molecular formula is C16H20ClNO3. The molecule has 0 aromatic heterocycles. The molecule has 0 aliphatic heterocycles. The minimum atomic E-state index is -1.02. The van der Waals surface area contributed by atoms with Gasteiger partial charge < -0.3 is 10.4 Å². The van der Waals surface area contributed by atoms with E-state index in [0.717, 1.165) is 11.1 Å². The second-order valence-corrected chi connectivity index (χ2v) is 5.46. The molecule has 0 aliphatic rings. The summed E-state index contributed by atoms with van der Waals surface area (Å²) >= 11 is 6.00. The minimum Gasteiger partial charge on any atom is -0.480 e. The summed E-state index contributed by atoms with van der Waals surface area (Å²) < 4.78 is 0. The van der Waals surface area contributed by atoms with Gasteiger partial charge in [0.15, 0.2) is 0 Å². The summed E-state index contributed by atoms with van der Waals surface area (Å²) in [5, 5.41) is 12.3. The van der Waals surface area contributed by atoms with Gasteiger partial charge in [0, 0.05) is 11.1 Å². The largest absolute Gasteiger partial charge is 0.480 e. The van der Waals surface area contributed by atoms with Crippen molar-refractivity contribution in [2.75, 3.05) is 0 Å². The van der Waals surface area contributed by atoms with E-state index in [4.69, 9.17) is 16.7 Å². The van der Waals surface area contributed by atoms with E-state index in [-0.39, 0.29) is 5.92 Å². The number of amides is 1. The Hall–Kier alpha value is -1.81. The number of halogens is 1. The number of hydrogen-bond donors (Lipinski definition) is 2. The van der Waals surface area contributed by atoms with Crippen molar-refractivity contribution < 1.29 is 14.7 Å². The SMILES string of the molecule is CCC(C)[C@H](NC(=O)C=Cc1ccc(C)c(Cl)c1)C(=O)O. The van der Waals surface area contributed by atoms with Crippen LogP contribution in [0.1, 0.15) is 31.4 Å². The highest BCUT2D eigenvalue weighted by atomic mass is 35.5. The van der Waals surface area contributed by atoms with Gasteiger partial charge in [0.1, 0.15) is 6.04 Å². The van der Waals surface area contributed by atoms with Crippen LogP contribution in [0.2, 0.25) is 5.02 Å². The number of benzene rings is 1. The Morgan fingerprint density at radius 1 is 1.43 bits per heavy atom. The number of hydrogen-bond acceptors (Lipinski definition) is 2. The fraction of sp³-hybridized carbons (Fsp3) is 0.375. The lowest BCUT2D eigenvalue weighted by atomic mass is 9.99. The maximum atomic E-state index is 11.8. The standard InChI is InChI=1S/C16H20ClNO3/c1-4-10(2)15(16(20)21)18-14(19)8-7-12-6-5-11(3)13(17)9-12/h5-10,15H,4H2,1-3H3,(H,18,19)(H,20,21)/t10?,15-/m0/s1. The van der Waals surface area contributed by atoms with Gasteiger partial charge in [-0.1, -0.05) is 44.0 Å². The first kappa shape index (κ1) is 17.2. The molecular weight excluding hydrogens is 290 g/mol. The van der Waals surface area contributed by atoms with Gasteiger partial charge in [0.2, 0.25) is 5.91 Å². The third-order valence-corrected chi connectivity index (χ3v) is 3.81. The predicted octanol–water partition coefficient (Wildman–Crippen LogP) is 3.28. The Morgan fingerprint density at radius 3 is 2.62 bits per heavy atom. The number of carbonyl (C=O) groups is 2. The van der Waals surface area contributed by atoms with E-state index < -0.39 is 17.9 Å². The second kappa shape index (κ2) is 7.84. The number of carboxylic acids is 1. The van der Waals surface area contributed by atoms with Gasteiger partial charge in [-0.3, -0.25) is 4.79 Å². The van der Waals surface area contributed by atoms with Crippen molar-refractivity contribution in [3.05, 3.63) is 40.4 Å². The summed E-state index contributed by atoms with van der Waals surface area (Å²) in [6.45, 7) is 5.57. The zero-order chi connectivity index (χ0) is 16.0. The van der Waals surface area contributed by atoms with Crippen molar-refractivity contribution in [3.63, 3.8) is 0 Å². The number of nitrogens with one attached hydrogen (secondary N) is 1. The quantitative estimate of drug-likeness (QED) is 0.793. The van der Waals surface area contributed by atoms with E-state index in [2.05, 4.69) is 5.32 Å². The Bertz CT molecular complexity index is 554. The molecule has 2 N–H and O–H groups in total. The van der Waals surface area contributed by atoms with Crippen molar-refractivity contribution in [1.82, 2.24) is 5.32 Å². The topological polar surface area (TPSA) is 66.4 Å². The van der Waals surface area contributed by atoms with Crippen LogP contribution in [0.25, 0.3) is 6.08 Å². The van der Waals surface area contributed by atoms with Crippen LogP contribution in [0.5, 0.6) is 0 Å². The molecule has 0 fully saturated rings. The van der Waals surface area contributed by atoms with E-state index >= 15 is 0 Å². The van der Waals surface area contributed by atoms with Crippen LogP contribution < -0.4 is 5.32 Å². The number of rotatable bonds is 6. The monoisotopic (exact) mass is 309 g/mol. The summed E-state index contributed by atoms with van der Waals surface area (Å²) in [5.74, 6) is -1.59. The molecule has 1 aromatic rings. The normalized spacial score (nSPS) is 13.9. The molecule has 0 aliphatic carbocycles. The van der Waals surface area contributed by atoms with Crippen LogP contribution in [0, 0.1) is 12.8 Å². The third-order valence-electron chi connectivity index (χ3n) is 3.40. The highest BCUT2D eigenvalue weighted by Gasteiger charge is 2.24. The van der Waals surface area contributed by atoms with Gasteiger partial charge in [-0.05, 0) is 36.1 Å². The molecule has 0 bridgehead atoms. The zero-order valence-electron chi connectivity index (χ0n) is 12.4. The molecule has 1 rings (SSSR count). The van der Waals surface area contributed by atoms with Gasteiger partial charge in [0.25, 0.3) is 0 Å². The number of carbonyl (C=O) groups excluding carboxylic acids is 1. The number of aliphatic carboxylic acids is 1. The van der Waals surface area contributed by atoms with Crippen molar-refractivity contribution in [2.45, 2.75) is 33.2 Å². The van der Waals surface area contributed by atoms with Crippen molar-refractivity contribution in [1.29, 1.82) is 0 Å². The van der Waals surface area contributed by atoms with E-state index in [9.17, 15) is 9.59 Å². The first-order chi connectivity index (χ1) is 9.85. The number of carboxylic acid groups (broad SMARTS) is 1. The summed E-state index contributed by atoms with van der Waals surface area (Å²) in [5.41, 5.74) is 1.75. The molecule has 1 unspecified atom stereocenters. The lowest BCUT2D eigenvalue weighted by molar-refractivity contribution is -0.142. The smallest absolute Gasteiger partial charge is 0.326 e. The molecule has 4 nitrogen and oxygen atoms in total. The lowest BCUT2D eigenvalue weighted by Crippen LogP contribution is -2.44. The molecule has 2 atom stereocenters. The Balaban J connectivity index is 2.73. The molecule has 1 aromatic carbocycles. The summed E-state index contributed by atoms with van der Waals surface area (Å²) in [6, 6.07) is 4.58. The van der Waals surface area contributed by atoms with E-state index in [1.165, 1.54) is 6.08 Å². The first-order valence-electron chi connectivity index (χ1n) is 6.82. The molecule has 0 saturated carbocycles. The lowest BCUT2D eigenvalue weighted by Gasteiger charge is -2.19. The van der Waals surface area contributed by atoms with Gasteiger partial charge in [0.05, 0.1) is 0 Å². The molecule has 0 spiro atoms. The Kier molecular flexibility index (Phi) is 6.43. The van der Waals surface area contributed by atoms with Crippen LogP contribution in [0.15, 0.2) is 24.3 Å². The predicted molar refractivity (Wildman–Crippen MR) is 84.2 cm³/mol. The van der Waals surface area contributed by atoms with Gasteiger partial charge in [-0.15, -0.1) is 0 Å². The van der Waals surface area contributed by atoms with Crippen molar-refractivity contribution in [3.8, 4) is 0 Å². The van der Waals surface area contributed by atoms with Crippen LogP contribution in [0.4, 0.5) is 0 Å². The van der Waals surface area contributed by atoms with E-state index in [1.807, 2.05) is 26.0 Å². The van der Waals surface area contributed by atoms with Crippen molar-refractivity contribution >= 4 is 29.6 Å².